The van der Waals surface area contributed by atoms with E-state index in [1.807, 2.05) is 30.3 Å². The molecule has 0 aliphatic heterocycles. The molecule has 0 bridgehead atoms. The van der Waals surface area contributed by atoms with Crippen LogP contribution < -0.4 is 10.5 Å². The van der Waals surface area contributed by atoms with Crippen molar-refractivity contribution in [1.82, 2.24) is 4.98 Å². The fraction of sp³-hybridized carbons (Fsp3) is 0.294. The van der Waals surface area contributed by atoms with E-state index in [4.69, 9.17) is 5.14 Å². The highest BCUT2D eigenvalue weighted by Gasteiger charge is 2.07. The molecule has 0 radical (unpaired) electrons. The third-order valence-corrected chi connectivity index (χ3v) is 3.92. The van der Waals surface area contributed by atoms with Crippen LogP contribution in [0.2, 0.25) is 0 Å². The van der Waals surface area contributed by atoms with E-state index in [0.717, 1.165) is 23.4 Å². The van der Waals surface area contributed by atoms with Crippen molar-refractivity contribution in [3.8, 4) is 0 Å². The van der Waals surface area contributed by atoms with Gasteiger partial charge < -0.3 is 5.32 Å². The van der Waals surface area contributed by atoms with Crippen LogP contribution in [-0.2, 0) is 6.42 Å². The van der Waals surface area contributed by atoms with Crippen LogP contribution in [0, 0.1) is 0 Å². The van der Waals surface area contributed by atoms with E-state index >= 15 is 0 Å². The molecule has 1 heterocycles. The molecule has 5 heteroatoms. The molecule has 4 nitrogen and oxygen atoms in total. The highest BCUT2D eigenvalue weighted by Crippen LogP contribution is 2.16. The smallest absolute Gasteiger partial charge is 0.274 e. The van der Waals surface area contributed by atoms with Crippen molar-refractivity contribution in [1.29, 1.82) is 0 Å². The number of amides is 1. The van der Waals surface area contributed by atoms with Crippen molar-refractivity contribution in [2.24, 2.45) is 5.14 Å². The molecule has 3 N–H and O–H groups in total. The van der Waals surface area contributed by atoms with E-state index in [9.17, 15) is 4.79 Å². The quantitative estimate of drug-likeness (QED) is 0.598. The van der Waals surface area contributed by atoms with Crippen LogP contribution in [0.15, 0.2) is 47.5 Å². The minimum atomic E-state index is -0.201. The molecule has 116 valence electrons. The van der Waals surface area contributed by atoms with E-state index in [-0.39, 0.29) is 5.91 Å². The van der Waals surface area contributed by atoms with Crippen LogP contribution in [0.3, 0.4) is 0 Å². The van der Waals surface area contributed by atoms with Crippen molar-refractivity contribution in [2.45, 2.75) is 37.5 Å². The molecule has 0 saturated carbocycles. The molecule has 1 aromatic heterocycles. The van der Waals surface area contributed by atoms with Crippen LogP contribution >= 0.6 is 11.9 Å². The van der Waals surface area contributed by atoms with E-state index in [2.05, 4.69) is 17.2 Å². The minimum Gasteiger partial charge on any atom is -0.321 e. The Balaban J connectivity index is 1.94. The molecular formula is C17H21N3OS. The standard InChI is InChI=1S/C17H21N3OS/c1-2-3-4-5-13-6-11-16(19-12-13)17(21)20-14-7-9-15(22-18)10-8-14/h6-12H,2-5,18H2,1H3,(H,20,21). The van der Waals surface area contributed by atoms with E-state index in [1.165, 1.54) is 30.4 Å². The average molecular weight is 315 g/mol. The lowest BCUT2D eigenvalue weighted by molar-refractivity contribution is 0.102. The Bertz CT molecular complexity index is 596. The Labute approximate surface area is 135 Å². The third kappa shape index (κ3) is 4.86. The first-order valence-corrected chi connectivity index (χ1v) is 8.34. The second-order valence-electron chi connectivity index (χ2n) is 5.11. The lowest BCUT2D eigenvalue weighted by Gasteiger charge is -2.06. The van der Waals surface area contributed by atoms with Crippen LogP contribution in [0.5, 0.6) is 0 Å². The summed E-state index contributed by atoms with van der Waals surface area (Å²) >= 11 is 1.18. The van der Waals surface area contributed by atoms with Gasteiger partial charge in [0, 0.05) is 16.8 Å². The second kappa shape index (κ2) is 8.56. The monoisotopic (exact) mass is 315 g/mol. The summed E-state index contributed by atoms with van der Waals surface area (Å²) in [4.78, 5) is 17.3. The molecule has 1 aromatic carbocycles. The van der Waals surface area contributed by atoms with Gasteiger partial charge in [-0.15, -0.1) is 0 Å². The van der Waals surface area contributed by atoms with Gasteiger partial charge in [-0.25, -0.2) is 0 Å². The number of nitrogens with zero attached hydrogens (tertiary/aromatic N) is 1. The highest BCUT2D eigenvalue weighted by molar-refractivity contribution is 7.97. The number of benzene rings is 1. The summed E-state index contributed by atoms with van der Waals surface area (Å²) in [6.45, 7) is 2.18. The summed E-state index contributed by atoms with van der Waals surface area (Å²) in [5, 5.41) is 8.30. The maximum atomic E-state index is 12.1. The predicted octanol–water partition coefficient (Wildman–Crippen LogP) is 4.03. The van der Waals surface area contributed by atoms with Gasteiger partial charge in [0.1, 0.15) is 5.69 Å². The molecular weight excluding hydrogens is 294 g/mol. The number of rotatable bonds is 7. The van der Waals surface area contributed by atoms with Crippen molar-refractivity contribution in [2.75, 3.05) is 5.32 Å². The van der Waals surface area contributed by atoms with Crippen LogP contribution in [-0.4, -0.2) is 10.9 Å². The van der Waals surface area contributed by atoms with Gasteiger partial charge in [-0.1, -0.05) is 25.8 Å². The maximum Gasteiger partial charge on any atom is 0.274 e. The number of pyridine rings is 1. The zero-order chi connectivity index (χ0) is 15.8. The Morgan fingerprint density at radius 2 is 1.95 bits per heavy atom. The van der Waals surface area contributed by atoms with Gasteiger partial charge in [0.2, 0.25) is 0 Å². The first-order valence-electron chi connectivity index (χ1n) is 7.46. The number of anilines is 1. The van der Waals surface area contributed by atoms with E-state index in [1.54, 1.807) is 12.3 Å². The Morgan fingerprint density at radius 1 is 1.18 bits per heavy atom. The number of nitrogens with one attached hydrogen (secondary N) is 1. The number of carbonyl (C=O) groups excluding carboxylic acids is 1. The van der Waals surface area contributed by atoms with Gasteiger partial charge in [-0.05, 0) is 60.7 Å². The normalized spacial score (nSPS) is 10.5. The van der Waals surface area contributed by atoms with Gasteiger partial charge in [0.05, 0.1) is 0 Å². The van der Waals surface area contributed by atoms with Gasteiger partial charge in [-0.2, -0.15) is 0 Å². The SMILES string of the molecule is CCCCCc1ccc(C(=O)Nc2ccc(SN)cc2)nc1. The summed E-state index contributed by atoms with van der Waals surface area (Å²) < 4.78 is 0. The number of unbranched alkanes of at least 4 members (excludes halogenated alkanes) is 2. The summed E-state index contributed by atoms with van der Waals surface area (Å²) in [6.07, 6.45) is 6.39. The summed E-state index contributed by atoms with van der Waals surface area (Å²) in [6, 6.07) is 11.1. The second-order valence-corrected chi connectivity index (χ2v) is 5.81. The molecule has 0 aliphatic carbocycles. The molecule has 0 atom stereocenters. The zero-order valence-electron chi connectivity index (χ0n) is 12.7. The van der Waals surface area contributed by atoms with Gasteiger partial charge in [-0.3, -0.25) is 14.9 Å². The number of hydrogen-bond donors (Lipinski definition) is 2. The summed E-state index contributed by atoms with van der Waals surface area (Å²) in [5.41, 5.74) is 2.34. The minimum absolute atomic E-state index is 0.201. The Hall–Kier alpha value is -1.85. The highest BCUT2D eigenvalue weighted by atomic mass is 32.2. The zero-order valence-corrected chi connectivity index (χ0v) is 13.5. The first-order chi connectivity index (χ1) is 10.7. The fourth-order valence-electron chi connectivity index (χ4n) is 2.10. The van der Waals surface area contributed by atoms with Gasteiger partial charge >= 0.3 is 0 Å². The maximum absolute atomic E-state index is 12.1. The van der Waals surface area contributed by atoms with Crippen molar-refractivity contribution in [3.05, 3.63) is 53.9 Å². The molecule has 0 fully saturated rings. The number of nitrogens with two attached hydrogens (primary N) is 1. The molecule has 22 heavy (non-hydrogen) atoms. The topological polar surface area (TPSA) is 68.0 Å². The summed E-state index contributed by atoms with van der Waals surface area (Å²) in [5.74, 6) is -0.201. The van der Waals surface area contributed by atoms with Crippen molar-refractivity contribution < 1.29 is 4.79 Å². The van der Waals surface area contributed by atoms with Crippen molar-refractivity contribution >= 4 is 23.5 Å². The van der Waals surface area contributed by atoms with Gasteiger partial charge in [0.25, 0.3) is 5.91 Å². The molecule has 2 aromatic rings. The fourth-order valence-corrected chi connectivity index (χ4v) is 2.39. The van der Waals surface area contributed by atoms with Gasteiger partial charge in [0.15, 0.2) is 0 Å². The lowest BCUT2D eigenvalue weighted by atomic mass is 10.1. The molecule has 0 aliphatic rings. The number of hydrogen-bond acceptors (Lipinski definition) is 4. The van der Waals surface area contributed by atoms with Crippen molar-refractivity contribution in [3.63, 3.8) is 0 Å². The molecule has 2 rings (SSSR count). The van der Waals surface area contributed by atoms with E-state index in [0.29, 0.717) is 5.69 Å². The molecule has 0 saturated heterocycles. The largest absolute Gasteiger partial charge is 0.321 e. The average Bonchev–Trinajstić information content (AvgIpc) is 2.56. The van der Waals surface area contributed by atoms with Crippen LogP contribution in [0.25, 0.3) is 0 Å². The number of aromatic nitrogens is 1. The summed E-state index contributed by atoms with van der Waals surface area (Å²) in [7, 11) is 0. The van der Waals surface area contributed by atoms with Crippen LogP contribution in [0.4, 0.5) is 5.69 Å². The van der Waals surface area contributed by atoms with E-state index < -0.39 is 0 Å². The first kappa shape index (κ1) is 16.5. The lowest BCUT2D eigenvalue weighted by Crippen LogP contribution is -2.13. The third-order valence-electron chi connectivity index (χ3n) is 3.37. The Kier molecular flexibility index (Phi) is 6.43. The molecule has 0 spiro atoms. The van der Waals surface area contributed by atoms with Crippen LogP contribution in [0.1, 0.15) is 42.2 Å². The Morgan fingerprint density at radius 3 is 2.55 bits per heavy atom. The molecule has 0 unspecified atom stereocenters. The number of aryl methyl sites for hydroxylation is 1. The number of carbonyl (C=O) groups is 1. The molecule has 1 amide bonds. The predicted molar refractivity (Wildman–Crippen MR) is 91.9 cm³/mol.